The van der Waals surface area contributed by atoms with Crippen molar-refractivity contribution in [2.75, 3.05) is 6.86 Å². The second kappa shape index (κ2) is 5.21. The Morgan fingerprint density at radius 1 is 1.36 bits per heavy atom. The Kier molecular flexibility index (Phi) is 3.91. The van der Waals surface area contributed by atoms with Crippen molar-refractivity contribution < 1.29 is 18.7 Å². The Balaban J connectivity index is 2.55. The quantitative estimate of drug-likeness (QED) is 0.553. The first-order valence-corrected chi connectivity index (χ1v) is 4.25. The molecular formula is C10H11FO3. The van der Waals surface area contributed by atoms with E-state index in [-0.39, 0.29) is 0 Å². The number of hydrogen-bond acceptors (Lipinski definition) is 3. The maximum Gasteiger partial charge on any atom is 0.516 e. The third kappa shape index (κ3) is 3.05. The third-order valence-electron chi connectivity index (χ3n) is 1.71. The van der Waals surface area contributed by atoms with Gasteiger partial charge in [0, 0.05) is 0 Å². The van der Waals surface area contributed by atoms with E-state index in [4.69, 9.17) is 0 Å². The Morgan fingerprint density at radius 2 is 2.00 bits per heavy atom. The summed E-state index contributed by atoms with van der Waals surface area (Å²) in [5.74, 6) is 0.348. The standard InChI is InChI=1S/C10H11FO3/c1-2-8-3-5-9(6-4-8)14-10(12)13-7-11/h3-6H,2,7H2,1H3. The molecule has 3 nitrogen and oxygen atoms in total. The van der Waals surface area contributed by atoms with E-state index in [9.17, 15) is 9.18 Å². The fourth-order valence-electron chi connectivity index (χ4n) is 0.963. The fourth-order valence-corrected chi connectivity index (χ4v) is 0.963. The Labute approximate surface area is 81.4 Å². The molecule has 0 saturated heterocycles. The second-order valence-corrected chi connectivity index (χ2v) is 2.60. The molecule has 0 unspecified atom stereocenters. The van der Waals surface area contributed by atoms with Gasteiger partial charge in [0.05, 0.1) is 0 Å². The van der Waals surface area contributed by atoms with Gasteiger partial charge in [-0.15, -0.1) is 0 Å². The highest BCUT2D eigenvalue weighted by molar-refractivity contribution is 5.63. The minimum absolute atomic E-state index is 0.348. The maximum absolute atomic E-state index is 11.5. The van der Waals surface area contributed by atoms with Crippen molar-refractivity contribution >= 4 is 6.16 Å². The van der Waals surface area contributed by atoms with E-state index in [0.717, 1.165) is 12.0 Å². The van der Waals surface area contributed by atoms with Crippen LogP contribution in [0, 0.1) is 0 Å². The van der Waals surface area contributed by atoms with Gasteiger partial charge in [-0.3, -0.25) is 0 Å². The van der Waals surface area contributed by atoms with Gasteiger partial charge in [-0.25, -0.2) is 9.18 Å². The van der Waals surface area contributed by atoms with Crippen molar-refractivity contribution in [3.8, 4) is 5.75 Å². The Morgan fingerprint density at radius 3 is 2.50 bits per heavy atom. The number of rotatable bonds is 3. The lowest BCUT2D eigenvalue weighted by molar-refractivity contribution is 0.0610. The van der Waals surface area contributed by atoms with Gasteiger partial charge in [0.2, 0.25) is 6.86 Å². The number of carbonyl (C=O) groups excluding carboxylic acids is 1. The molecule has 0 fully saturated rings. The summed E-state index contributed by atoms with van der Waals surface area (Å²) in [5, 5.41) is 0. The Bertz CT molecular complexity index is 295. The molecular weight excluding hydrogens is 187 g/mol. The summed E-state index contributed by atoms with van der Waals surface area (Å²) in [4.78, 5) is 10.7. The van der Waals surface area contributed by atoms with E-state index in [1.807, 2.05) is 19.1 Å². The van der Waals surface area contributed by atoms with E-state index in [2.05, 4.69) is 9.47 Å². The predicted octanol–water partition coefficient (Wildman–Crippen LogP) is 2.69. The molecule has 0 aliphatic carbocycles. The summed E-state index contributed by atoms with van der Waals surface area (Å²) in [7, 11) is 0. The molecule has 76 valence electrons. The number of hydrogen-bond donors (Lipinski definition) is 0. The molecule has 0 N–H and O–H groups in total. The van der Waals surface area contributed by atoms with Crippen molar-refractivity contribution in [3.05, 3.63) is 29.8 Å². The first-order chi connectivity index (χ1) is 6.76. The van der Waals surface area contributed by atoms with Crippen molar-refractivity contribution in [1.29, 1.82) is 0 Å². The lowest BCUT2D eigenvalue weighted by Gasteiger charge is -2.03. The number of halogens is 1. The monoisotopic (exact) mass is 198 g/mol. The highest BCUT2D eigenvalue weighted by Gasteiger charge is 2.04. The van der Waals surface area contributed by atoms with Crippen LogP contribution in [-0.2, 0) is 11.2 Å². The number of alkyl halides is 1. The van der Waals surface area contributed by atoms with Crippen molar-refractivity contribution in [1.82, 2.24) is 0 Å². The third-order valence-corrected chi connectivity index (χ3v) is 1.71. The summed E-state index contributed by atoms with van der Waals surface area (Å²) in [6, 6.07) is 6.94. The van der Waals surface area contributed by atoms with Gasteiger partial charge in [-0.2, -0.15) is 0 Å². The number of carbonyl (C=O) groups is 1. The zero-order valence-electron chi connectivity index (χ0n) is 7.83. The molecule has 0 spiro atoms. The summed E-state index contributed by atoms with van der Waals surface area (Å²) < 4.78 is 20.2. The van der Waals surface area contributed by atoms with Gasteiger partial charge in [0.15, 0.2) is 0 Å². The van der Waals surface area contributed by atoms with Crippen LogP contribution >= 0.6 is 0 Å². The predicted molar refractivity (Wildman–Crippen MR) is 48.9 cm³/mol. The van der Waals surface area contributed by atoms with E-state index in [1.165, 1.54) is 0 Å². The van der Waals surface area contributed by atoms with Crippen molar-refractivity contribution in [2.24, 2.45) is 0 Å². The minimum atomic E-state index is -1.17. The highest BCUT2D eigenvalue weighted by Crippen LogP contribution is 2.12. The fraction of sp³-hybridized carbons (Fsp3) is 0.300. The van der Waals surface area contributed by atoms with Crippen LogP contribution < -0.4 is 4.74 Å². The van der Waals surface area contributed by atoms with Crippen LogP contribution in [0.5, 0.6) is 5.75 Å². The van der Waals surface area contributed by atoms with Crippen LogP contribution in [0.4, 0.5) is 9.18 Å². The molecule has 14 heavy (non-hydrogen) atoms. The van der Waals surface area contributed by atoms with Gasteiger partial charge >= 0.3 is 6.16 Å². The van der Waals surface area contributed by atoms with E-state index in [1.54, 1.807) is 12.1 Å². The molecule has 1 rings (SSSR count). The molecule has 0 aromatic heterocycles. The minimum Gasteiger partial charge on any atom is -0.402 e. The molecule has 0 saturated carbocycles. The Hall–Kier alpha value is -1.58. The van der Waals surface area contributed by atoms with Gasteiger partial charge in [0.1, 0.15) is 5.75 Å². The molecule has 0 heterocycles. The molecule has 0 bridgehead atoms. The molecule has 0 atom stereocenters. The molecule has 0 aliphatic heterocycles. The van der Waals surface area contributed by atoms with E-state index < -0.39 is 13.0 Å². The lowest BCUT2D eigenvalue weighted by atomic mass is 10.2. The molecule has 0 aliphatic rings. The van der Waals surface area contributed by atoms with Crippen LogP contribution in [0.2, 0.25) is 0 Å². The van der Waals surface area contributed by atoms with Crippen LogP contribution in [0.15, 0.2) is 24.3 Å². The largest absolute Gasteiger partial charge is 0.516 e. The summed E-state index contributed by atoms with van der Waals surface area (Å²) in [5.41, 5.74) is 1.14. The first kappa shape index (κ1) is 10.5. The summed E-state index contributed by atoms with van der Waals surface area (Å²) in [6.45, 7) is 0.846. The van der Waals surface area contributed by atoms with Crippen LogP contribution in [-0.4, -0.2) is 13.0 Å². The normalized spacial score (nSPS) is 9.57. The smallest absolute Gasteiger partial charge is 0.402 e. The van der Waals surface area contributed by atoms with Gasteiger partial charge in [-0.1, -0.05) is 19.1 Å². The first-order valence-electron chi connectivity index (χ1n) is 4.25. The van der Waals surface area contributed by atoms with Crippen LogP contribution in [0.25, 0.3) is 0 Å². The van der Waals surface area contributed by atoms with Crippen LogP contribution in [0.3, 0.4) is 0 Å². The molecule has 0 radical (unpaired) electrons. The maximum atomic E-state index is 11.5. The van der Waals surface area contributed by atoms with E-state index >= 15 is 0 Å². The molecule has 1 aromatic carbocycles. The van der Waals surface area contributed by atoms with Gasteiger partial charge < -0.3 is 9.47 Å². The zero-order valence-corrected chi connectivity index (χ0v) is 7.83. The van der Waals surface area contributed by atoms with Gasteiger partial charge in [-0.05, 0) is 24.1 Å². The SMILES string of the molecule is CCc1ccc(OC(=O)OCF)cc1. The summed E-state index contributed by atoms with van der Waals surface area (Å²) in [6.07, 6.45) is -0.119. The molecule has 0 amide bonds. The van der Waals surface area contributed by atoms with E-state index in [0.29, 0.717) is 5.75 Å². The zero-order chi connectivity index (χ0) is 10.4. The highest BCUT2D eigenvalue weighted by atomic mass is 19.1. The lowest BCUT2D eigenvalue weighted by Crippen LogP contribution is -2.09. The topological polar surface area (TPSA) is 35.5 Å². The number of benzene rings is 1. The molecule has 4 heteroatoms. The average Bonchev–Trinajstić information content (AvgIpc) is 2.19. The van der Waals surface area contributed by atoms with Crippen molar-refractivity contribution in [3.63, 3.8) is 0 Å². The number of aryl methyl sites for hydroxylation is 1. The van der Waals surface area contributed by atoms with Gasteiger partial charge in [0.25, 0.3) is 0 Å². The second-order valence-electron chi connectivity index (χ2n) is 2.60. The number of ether oxygens (including phenoxy) is 2. The summed E-state index contributed by atoms with van der Waals surface area (Å²) >= 11 is 0. The van der Waals surface area contributed by atoms with Crippen LogP contribution in [0.1, 0.15) is 12.5 Å². The molecule has 1 aromatic rings. The average molecular weight is 198 g/mol. The van der Waals surface area contributed by atoms with Crippen molar-refractivity contribution in [2.45, 2.75) is 13.3 Å².